The van der Waals surface area contributed by atoms with Crippen molar-refractivity contribution < 1.29 is 21.6 Å². The molecule has 1 heterocycles. The molecule has 0 bridgehead atoms. The highest BCUT2D eigenvalue weighted by Gasteiger charge is 2.50. The second-order valence-corrected chi connectivity index (χ2v) is 8.96. The molecule has 2 N–H and O–H groups in total. The van der Waals surface area contributed by atoms with E-state index < -0.39 is 15.5 Å². The lowest BCUT2D eigenvalue weighted by Crippen LogP contribution is -2.47. The lowest BCUT2D eigenvalue weighted by atomic mass is 9.98. The zero-order chi connectivity index (χ0) is 20.1. The van der Waals surface area contributed by atoms with Gasteiger partial charge < -0.3 is 10.6 Å². The summed E-state index contributed by atoms with van der Waals surface area (Å²) in [5.41, 5.74) is -5.23. The Morgan fingerprint density at radius 1 is 1.18 bits per heavy atom. The number of sulfonamides is 1. The summed E-state index contributed by atoms with van der Waals surface area (Å²) in [6.45, 7) is 5.23. The van der Waals surface area contributed by atoms with Crippen LogP contribution >= 0.6 is 24.0 Å². The molecule has 1 saturated heterocycles. The van der Waals surface area contributed by atoms with Gasteiger partial charge >= 0.3 is 15.5 Å². The van der Waals surface area contributed by atoms with Gasteiger partial charge in [0.25, 0.3) is 0 Å². The third-order valence-electron chi connectivity index (χ3n) is 5.15. The smallest absolute Gasteiger partial charge is 0.356 e. The topological polar surface area (TPSA) is 77.0 Å². The number of rotatable bonds is 8. The first-order valence-electron chi connectivity index (χ1n) is 9.44. The average molecular weight is 541 g/mol. The van der Waals surface area contributed by atoms with E-state index in [0.717, 1.165) is 19.6 Å². The number of hydrogen-bond donors (Lipinski definition) is 2. The van der Waals surface area contributed by atoms with Crippen LogP contribution in [0.5, 0.6) is 0 Å². The number of hydrogen-bond acceptors (Lipinski definition) is 4. The number of aliphatic imine (C=N–C) groups is 1. The minimum atomic E-state index is -5.23. The maximum Gasteiger partial charge on any atom is 0.511 e. The quantitative estimate of drug-likeness (QED) is 0.279. The van der Waals surface area contributed by atoms with Crippen LogP contribution in [0.25, 0.3) is 0 Å². The molecule has 7 nitrogen and oxygen atoms in total. The zero-order valence-corrected chi connectivity index (χ0v) is 19.5. The highest BCUT2D eigenvalue weighted by atomic mass is 127. The molecular weight excluding hydrogens is 510 g/mol. The molecule has 0 aromatic heterocycles. The third-order valence-corrected chi connectivity index (χ3v) is 6.78. The predicted molar refractivity (Wildman–Crippen MR) is 114 cm³/mol. The highest BCUT2D eigenvalue weighted by molar-refractivity contribution is 14.0. The monoisotopic (exact) mass is 541 g/mol. The Kier molecular flexibility index (Phi) is 10.2. The molecule has 12 heteroatoms. The molecule has 0 amide bonds. The molecule has 0 aromatic rings. The van der Waals surface area contributed by atoms with E-state index >= 15 is 0 Å². The number of alkyl halides is 3. The summed E-state index contributed by atoms with van der Waals surface area (Å²) in [4.78, 5) is 6.59. The van der Waals surface area contributed by atoms with Gasteiger partial charge in [0.2, 0.25) is 0 Å². The van der Waals surface area contributed by atoms with Crippen molar-refractivity contribution in [2.24, 2.45) is 10.9 Å². The molecule has 2 aliphatic rings. The molecule has 0 unspecified atom stereocenters. The highest BCUT2D eigenvalue weighted by Crippen LogP contribution is 2.30. The molecule has 1 aliphatic carbocycles. The maximum absolute atomic E-state index is 12.6. The van der Waals surface area contributed by atoms with Crippen LogP contribution in [-0.4, -0.2) is 81.4 Å². The largest absolute Gasteiger partial charge is 0.511 e. The molecule has 28 heavy (non-hydrogen) atoms. The van der Waals surface area contributed by atoms with E-state index in [2.05, 4.69) is 27.4 Å². The second-order valence-electron chi connectivity index (χ2n) is 7.03. The standard InChI is InChI=1S/C16H30F3N5O2S.HI/c1-3-23(14-4-5-14)11-8-21-15(20-2)22-12-13-6-9-24(10-7-13)27(25,26)16(17,18)19;/h13-14H,3-12H2,1-2H3,(H2,20,21,22);1H. The molecule has 0 radical (unpaired) electrons. The molecular formula is C16H31F3IN5O2S. The summed E-state index contributed by atoms with van der Waals surface area (Å²) >= 11 is 0. The van der Waals surface area contributed by atoms with Gasteiger partial charge in [0.1, 0.15) is 0 Å². The van der Waals surface area contributed by atoms with E-state index in [9.17, 15) is 21.6 Å². The molecule has 0 aromatic carbocycles. The average Bonchev–Trinajstić information content (AvgIpc) is 3.45. The summed E-state index contributed by atoms with van der Waals surface area (Å²) in [6.07, 6.45) is 3.32. The van der Waals surface area contributed by atoms with Crippen LogP contribution < -0.4 is 10.6 Å². The van der Waals surface area contributed by atoms with Gasteiger partial charge in [-0.15, -0.1) is 24.0 Å². The Balaban J connectivity index is 0.00000392. The Bertz CT molecular complexity index is 606. The Morgan fingerprint density at radius 2 is 1.79 bits per heavy atom. The van der Waals surface area contributed by atoms with Gasteiger partial charge in [0, 0.05) is 45.8 Å². The number of halogens is 4. The van der Waals surface area contributed by atoms with Crippen LogP contribution in [-0.2, 0) is 10.0 Å². The lowest BCUT2D eigenvalue weighted by Gasteiger charge is -2.31. The molecule has 1 saturated carbocycles. The van der Waals surface area contributed by atoms with Gasteiger partial charge in [-0.05, 0) is 38.1 Å². The summed E-state index contributed by atoms with van der Waals surface area (Å²) in [7, 11) is -3.54. The van der Waals surface area contributed by atoms with Crippen LogP contribution in [0.1, 0.15) is 32.6 Å². The van der Waals surface area contributed by atoms with Crippen molar-refractivity contribution in [2.45, 2.75) is 44.2 Å². The first kappa shape index (κ1) is 25.7. The van der Waals surface area contributed by atoms with Gasteiger partial charge in [0.15, 0.2) is 5.96 Å². The molecule has 166 valence electrons. The third kappa shape index (κ3) is 7.17. The minimum absolute atomic E-state index is 0. The van der Waals surface area contributed by atoms with E-state index in [-0.39, 0.29) is 43.0 Å². The van der Waals surface area contributed by atoms with Gasteiger partial charge in [-0.3, -0.25) is 9.89 Å². The first-order valence-corrected chi connectivity index (χ1v) is 10.9. The van der Waals surface area contributed by atoms with Gasteiger partial charge in [-0.1, -0.05) is 6.92 Å². The second kappa shape index (κ2) is 11.2. The molecule has 2 rings (SSSR count). The van der Waals surface area contributed by atoms with E-state index in [1.54, 1.807) is 7.05 Å². The predicted octanol–water partition coefficient (Wildman–Crippen LogP) is 1.82. The summed E-state index contributed by atoms with van der Waals surface area (Å²) in [5.74, 6) is 0.772. The van der Waals surface area contributed by atoms with Crippen molar-refractivity contribution >= 4 is 40.0 Å². The molecule has 1 aliphatic heterocycles. The fourth-order valence-corrected chi connectivity index (χ4v) is 4.30. The number of guanidine groups is 1. The van der Waals surface area contributed by atoms with E-state index in [1.165, 1.54) is 12.8 Å². The molecule has 2 fully saturated rings. The molecule has 0 spiro atoms. The maximum atomic E-state index is 12.6. The number of likely N-dealkylation sites (N-methyl/N-ethyl adjacent to an activating group) is 1. The Morgan fingerprint density at radius 3 is 2.25 bits per heavy atom. The van der Waals surface area contributed by atoms with Crippen molar-refractivity contribution in [3.8, 4) is 0 Å². The zero-order valence-electron chi connectivity index (χ0n) is 16.3. The number of piperidine rings is 1. The van der Waals surface area contributed by atoms with Crippen LogP contribution in [0.15, 0.2) is 4.99 Å². The lowest BCUT2D eigenvalue weighted by molar-refractivity contribution is -0.0496. The normalized spacial score (nSPS) is 20.1. The van der Waals surface area contributed by atoms with Crippen molar-refractivity contribution in [1.82, 2.24) is 19.8 Å². The number of nitrogens with one attached hydrogen (secondary N) is 2. The number of nitrogens with zero attached hydrogens (tertiary/aromatic N) is 3. The Hall–Kier alpha value is -0.340. The van der Waals surface area contributed by atoms with Crippen LogP contribution in [0.3, 0.4) is 0 Å². The van der Waals surface area contributed by atoms with Crippen molar-refractivity contribution in [3.05, 3.63) is 0 Å². The summed E-state index contributed by atoms with van der Waals surface area (Å²) in [6, 6.07) is 0.713. The summed E-state index contributed by atoms with van der Waals surface area (Å²) < 4.78 is 61.2. The van der Waals surface area contributed by atoms with Crippen LogP contribution in [0.2, 0.25) is 0 Å². The van der Waals surface area contributed by atoms with E-state index in [1.807, 2.05) is 0 Å². The van der Waals surface area contributed by atoms with E-state index in [0.29, 0.717) is 35.7 Å². The summed E-state index contributed by atoms with van der Waals surface area (Å²) in [5, 5.41) is 6.44. The minimum Gasteiger partial charge on any atom is -0.356 e. The van der Waals surface area contributed by atoms with Gasteiger partial charge in [-0.25, -0.2) is 8.42 Å². The van der Waals surface area contributed by atoms with Gasteiger partial charge in [0.05, 0.1) is 0 Å². The van der Waals surface area contributed by atoms with E-state index in [4.69, 9.17) is 0 Å². The van der Waals surface area contributed by atoms with Crippen molar-refractivity contribution in [2.75, 3.05) is 46.3 Å². The fourth-order valence-electron chi connectivity index (χ4n) is 3.32. The fraction of sp³-hybridized carbons (Fsp3) is 0.938. The van der Waals surface area contributed by atoms with Crippen molar-refractivity contribution in [1.29, 1.82) is 0 Å². The van der Waals surface area contributed by atoms with Crippen molar-refractivity contribution in [3.63, 3.8) is 0 Å². The SMILES string of the molecule is CCN(CCNC(=NC)NCC1CCN(S(=O)(=O)C(F)(F)F)CC1)C1CC1.I. The van der Waals surface area contributed by atoms with Gasteiger partial charge in [-0.2, -0.15) is 17.5 Å². The van der Waals surface area contributed by atoms with Crippen LogP contribution in [0, 0.1) is 5.92 Å². The Labute approximate surface area is 182 Å². The first-order chi connectivity index (χ1) is 12.7. The van der Waals surface area contributed by atoms with Crippen LogP contribution in [0.4, 0.5) is 13.2 Å². The molecule has 0 atom stereocenters.